The van der Waals surface area contributed by atoms with Crippen LogP contribution in [0.15, 0.2) is 23.8 Å². The SMILES string of the molecule is CCCN1CCC(C2=CC=CC(F)(C(F)(F)F)C2)CC1. The largest absolute Gasteiger partial charge is 0.426 e. The van der Waals surface area contributed by atoms with Gasteiger partial charge in [0.1, 0.15) is 0 Å². The summed E-state index contributed by atoms with van der Waals surface area (Å²) >= 11 is 0. The second kappa shape index (κ2) is 5.88. The molecule has 2 rings (SSSR count). The van der Waals surface area contributed by atoms with Crippen LogP contribution in [0.3, 0.4) is 0 Å². The summed E-state index contributed by atoms with van der Waals surface area (Å²) in [5, 5.41) is 0. The van der Waals surface area contributed by atoms with Crippen LogP contribution < -0.4 is 0 Å². The average molecular weight is 291 g/mol. The van der Waals surface area contributed by atoms with Gasteiger partial charge in [-0.2, -0.15) is 13.2 Å². The molecule has 1 atom stereocenters. The number of halogens is 4. The molecule has 20 heavy (non-hydrogen) atoms. The quantitative estimate of drug-likeness (QED) is 0.702. The van der Waals surface area contributed by atoms with Crippen LogP contribution in [0, 0.1) is 5.92 Å². The van der Waals surface area contributed by atoms with Crippen molar-refractivity contribution in [2.24, 2.45) is 5.92 Å². The molecule has 1 heterocycles. The topological polar surface area (TPSA) is 3.24 Å². The van der Waals surface area contributed by atoms with Crippen LogP contribution >= 0.6 is 0 Å². The highest BCUT2D eigenvalue weighted by Gasteiger charge is 2.55. The maximum absolute atomic E-state index is 14.0. The third kappa shape index (κ3) is 3.25. The van der Waals surface area contributed by atoms with Gasteiger partial charge >= 0.3 is 6.18 Å². The highest BCUT2D eigenvalue weighted by molar-refractivity contribution is 5.29. The second-order valence-electron chi connectivity index (χ2n) is 5.75. The first-order valence-electron chi connectivity index (χ1n) is 7.22. The molecule has 1 fully saturated rings. The van der Waals surface area contributed by atoms with E-state index in [0.29, 0.717) is 11.6 Å². The summed E-state index contributed by atoms with van der Waals surface area (Å²) < 4.78 is 52.3. The third-order valence-corrected chi connectivity index (χ3v) is 4.26. The predicted molar refractivity (Wildman–Crippen MR) is 71.2 cm³/mol. The molecule has 0 saturated carbocycles. The normalized spacial score (nSPS) is 29.6. The Balaban J connectivity index is 1.98. The van der Waals surface area contributed by atoms with Crippen molar-refractivity contribution in [1.29, 1.82) is 0 Å². The summed E-state index contributed by atoms with van der Waals surface area (Å²) in [6, 6.07) is 0. The number of allylic oxidation sites excluding steroid dienone is 4. The molecular formula is C15H21F4N. The molecule has 0 N–H and O–H groups in total. The lowest BCUT2D eigenvalue weighted by atomic mass is 9.80. The molecule has 2 aliphatic rings. The van der Waals surface area contributed by atoms with Gasteiger partial charge in [-0.25, -0.2) is 4.39 Å². The van der Waals surface area contributed by atoms with Gasteiger partial charge in [0.2, 0.25) is 5.67 Å². The van der Waals surface area contributed by atoms with E-state index in [1.54, 1.807) is 6.08 Å². The molecule has 0 amide bonds. The maximum atomic E-state index is 14.0. The Hall–Kier alpha value is -0.840. The Kier molecular flexibility index (Phi) is 4.57. The fourth-order valence-corrected chi connectivity index (χ4v) is 3.06. The minimum absolute atomic E-state index is 0.0885. The van der Waals surface area contributed by atoms with Crippen molar-refractivity contribution in [2.45, 2.75) is 44.5 Å². The van der Waals surface area contributed by atoms with Crippen molar-refractivity contribution in [2.75, 3.05) is 19.6 Å². The fourth-order valence-electron chi connectivity index (χ4n) is 3.06. The Labute approximate surface area is 117 Å². The molecule has 0 bridgehead atoms. The number of hydrogen-bond donors (Lipinski definition) is 0. The molecule has 1 aliphatic carbocycles. The molecule has 5 heteroatoms. The lowest BCUT2D eigenvalue weighted by Gasteiger charge is -2.36. The molecule has 0 aromatic carbocycles. The van der Waals surface area contributed by atoms with E-state index in [0.717, 1.165) is 38.9 Å². The average Bonchev–Trinajstić information content (AvgIpc) is 2.39. The zero-order valence-corrected chi connectivity index (χ0v) is 11.7. The van der Waals surface area contributed by atoms with Crippen molar-refractivity contribution in [3.05, 3.63) is 23.8 Å². The van der Waals surface area contributed by atoms with Crippen molar-refractivity contribution in [3.63, 3.8) is 0 Å². The van der Waals surface area contributed by atoms with Crippen LogP contribution in [0.25, 0.3) is 0 Å². The second-order valence-corrected chi connectivity index (χ2v) is 5.75. The zero-order valence-electron chi connectivity index (χ0n) is 11.7. The number of likely N-dealkylation sites (tertiary alicyclic amines) is 1. The molecular weight excluding hydrogens is 270 g/mol. The Bertz CT molecular complexity index is 391. The van der Waals surface area contributed by atoms with Crippen LogP contribution in [-0.2, 0) is 0 Å². The Morgan fingerprint density at radius 2 is 1.95 bits per heavy atom. The minimum atomic E-state index is -4.83. The molecule has 0 aromatic heterocycles. The third-order valence-electron chi connectivity index (χ3n) is 4.26. The minimum Gasteiger partial charge on any atom is -0.303 e. The van der Waals surface area contributed by atoms with Gasteiger partial charge in [-0.15, -0.1) is 0 Å². The number of rotatable bonds is 3. The number of hydrogen-bond acceptors (Lipinski definition) is 1. The molecule has 114 valence electrons. The standard InChI is InChI=1S/C15H21F4N/c1-2-8-20-9-5-12(6-10-20)13-4-3-7-14(16,11-13)15(17,18)19/h3-4,7,12H,2,5-6,8-11H2,1H3. The first-order valence-corrected chi connectivity index (χ1v) is 7.22. The van der Waals surface area contributed by atoms with Gasteiger partial charge in [0.15, 0.2) is 0 Å². The van der Waals surface area contributed by atoms with E-state index in [1.165, 1.54) is 6.08 Å². The van der Waals surface area contributed by atoms with Gasteiger partial charge in [0, 0.05) is 6.42 Å². The molecule has 1 unspecified atom stereocenters. The molecule has 1 aliphatic heterocycles. The van der Waals surface area contributed by atoms with Crippen LogP contribution in [-0.4, -0.2) is 36.4 Å². The van der Waals surface area contributed by atoms with Crippen LogP contribution in [0.1, 0.15) is 32.6 Å². The highest BCUT2D eigenvalue weighted by atomic mass is 19.4. The molecule has 1 nitrogen and oxygen atoms in total. The van der Waals surface area contributed by atoms with Gasteiger partial charge in [-0.1, -0.05) is 24.6 Å². The van der Waals surface area contributed by atoms with Crippen molar-refractivity contribution in [1.82, 2.24) is 4.90 Å². The monoisotopic (exact) mass is 291 g/mol. The summed E-state index contributed by atoms with van der Waals surface area (Å²) in [6.45, 7) is 4.93. The smallest absolute Gasteiger partial charge is 0.303 e. The number of nitrogens with zero attached hydrogens (tertiary/aromatic N) is 1. The van der Waals surface area contributed by atoms with E-state index in [-0.39, 0.29) is 5.92 Å². The lowest BCUT2D eigenvalue weighted by Crippen LogP contribution is -2.42. The van der Waals surface area contributed by atoms with Crippen molar-refractivity contribution < 1.29 is 17.6 Å². The first-order chi connectivity index (χ1) is 9.36. The van der Waals surface area contributed by atoms with Crippen molar-refractivity contribution >= 4 is 0 Å². The van der Waals surface area contributed by atoms with Gasteiger partial charge in [0.25, 0.3) is 0 Å². The summed E-state index contributed by atoms with van der Waals surface area (Å²) in [4.78, 5) is 2.32. The lowest BCUT2D eigenvalue weighted by molar-refractivity contribution is -0.212. The van der Waals surface area contributed by atoms with Gasteiger partial charge in [0.05, 0.1) is 0 Å². The summed E-state index contributed by atoms with van der Waals surface area (Å²) in [5.74, 6) is 0.0885. The predicted octanol–water partition coefficient (Wildman–Crippen LogP) is 4.27. The first kappa shape index (κ1) is 15.5. The van der Waals surface area contributed by atoms with Gasteiger partial charge in [-0.05, 0) is 50.9 Å². The highest BCUT2D eigenvalue weighted by Crippen LogP contribution is 2.44. The van der Waals surface area contributed by atoms with E-state index >= 15 is 0 Å². The zero-order chi connectivity index (χ0) is 14.8. The summed E-state index contributed by atoms with van der Waals surface area (Å²) in [7, 11) is 0. The van der Waals surface area contributed by atoms with E-state index in [9.17, 15) is 17.6 Å². The van der Waals surface area contributed by atoms with E-state index in [4.69, 9.17) is 0 Å². The number of piperidine rings is 1. The molecule has 0 radical (unpaired) electrons. The van der Waals surface area contributed by atoms with Crippen LogP contribution in [0.4, 0.5) is 17.6 Å². The number of alkyl halides is 4. The molecule has 0 spiro atoms. The summed E-state index contributed by atoms with van der Waals surface area (Å²) in [5.41, 5.74) is -2.57. The molecule has 1 saturated heterocycles. The van der Waals surface area contributed by atoms with Crippen LogP contribution in [0.2, 0.25) is 0 Å². The van der Waals surface area contributed by atoms with E-state index in [1.807, 2.05) is 0 Å². The van der Waals surface area contributed by atoms with Gasteiger partial charge in [-0.3, -0.25) is 0 Å². The fraction of sp³-hybridized carbons (Fsp3) is 0.733. The Morgan fingerprint density at radius 1 is 1.30 bits per heavy atom. The van der Waals surface area contributed by atoms with E-state index < -0.39 is 18.3 Å². The Morgan fingerprint density at radius 3 is 2.50 bits per heavy atom. The molecule has 0 aromatic rings. The summed E-state index contributed by atoms with van der Waals surface area (Å²) in [6.07, 6.45) is 0.910. The van der Waals surface area contributed by atoms with Crippen LogP contribution in [0.5, 0.6) is 0 Å². The maximum Gasteiger partial charge on any atom is 0.426 e. The van der Waals surface area contributed by atoms with Crippen molar-refractivity contribution in [3.8, 4) is 0 Å². The van der Waals surface area contributed by atoms with E-state index in [2.05, 4.69) is 11.8 Å². The van der Waals surface area contributed by atoms with Gasteiger partial charge < -0.3 is 4.90 Å².